The molecule has 1 aromatic carbocycles. The zero-order chi connectivity index (χ0) is 15.3. The number of nitro groups is 1. The molecule has 0 saturated carbocycles. The molecule has 1 rings (SSSR count). The fourth-order valence-electron chi connectivity index (χ4n) is 1.52. The summed E-state index contributed by atoms with van der Waals surface area (Å²) < 4.78 is 13.4. The van der Waals surface area contributed by atoms with E-state index in [4.69, 9.17) is 5.11 Å². The predicted molar refractivity (Wildman–Crippen MR) is 66.9 cm³/mol. The highest BCUT2D eigenvalue weighted by Crippen LogP contribution is 2.18. The molecule has 1 atom stereocenters. The number of amides is 1. The van der Waals surface area contributed by atoms with Crippen LogP contribution < -0.4 is 5.32 Å². The third kappa shape index (κ3) is 4.30. The van der Waals surface area contributed by atoms with E-state index in [1.54, 1.807) is 6.92 Å². The van der Waals surface area contributed by atoms with Gasteiger partial charge in [0.1, 0.15) is 0 Å². The van der Waals surface area contributed by atoms with Gasteiger partial charge in [-0.2, -0.15) is 4.39 Å². The third-order valence-electron chi connectivity index (χ3n) is 2.58. The first-order valence-electron chi connectivity index (χ1n) is 5.78. The number of rotatable bonds is 6. The number of carboxylic acid groups (broad SMARTS) is 1. The minimum absolute atomic E-state index is 0.0599. The van der Waals surface area contributed by atoms with Gasteiger partial charge in [0.05, 0.1) is 4.92 Å². The lowest BCUT2D eigenvalue weighted by Gasteiger charge is -2.12. The molecular weight excluding hydrogens is 271 g/mol. The Morgan fingerprint density at radius 3 is 2.65 bits per heavy atom. The maximum atomic E-state index is 13.4. The van der Waals surface area contributed by atoms with Gasteiger partial charge in [0.25, 0.3) is 5.91 Å². The van der Waals surface area contributed by atoms with Gasteiger partial charge < -0.3 is 10.4 Å². The third-order valence-corrected chi connectivity index (χ3v) is 2.58. The Kier molecular flexibility index (Phi) is 5.13. The van der Waals surface area contributed by atoms with E-state index in [0.717, 1.165) is 18.2 Å². The Balaban J connectivity index is 2.71. The van der Waals surface area contributed by atoms with Crippen molar-refractivity contribution in [2.75, 3.05) is 0 Å². The minimum Gasteiger partial charge on any atom is -0.481 e. The average Bonchev–Trinajstić information content (AvgIpc) is 2.35. The van der Waals surface area contributed by atoms with E-state index >= 15 is 0 Å². The van der Waals surface area contributed by atoms with E-state index in [1.807, 2.05) is 0 Å². The SMILES string of the molecule is CC(CCC(=O)O)NC(=O)c1ccc([N+](=O)[O-])c(F)c1. The van der Waals surface area contributed by atoms with Crippen LogP contribution in [0.1, 0.15) is 30.1 Å². The molecule has 0 bridgehead atoms. The summed E-state index contributed by atoms with van der Waals surface area (Å²) in [6.45, 7) is 1.61. The van der Waals surface area contributed by atoms with E-state index in [2.05, 4.69) is 5.32 Å². The zero-order valence-corrected chi connectivity index (χ0v) is 10.6. The van der Waals surface area contributed by atoms with Crippen LogP contribution in [-0.4, -0.2) is 27.9 Å². The molecule has 0 fully saturated rings. The first-order valence-corrected chi connectivity index (χ1v) is 5.78. The van der Waals surface area contributed by atoms with Crippen LogP contribution in [0.15, 0.2) is 18.2 Å². The summed E-state index contributed by atoms with van der Waals surface area (Å²) in [4.78, 5) is 31.7. The van der Waals surface area contributed by atoms with Crippen molar-refractivity contribution in [2.24, 2.45) is 0 Å². The Bertz CT molecular complexity index is 547. The summed E-state index contributed by atoms with van der Waals surface area (Å²) in [6.07, 6.45) is 0.132. The van der Waals surface area contributed by atoms with Crippen LogP contribution in [0.25, 0.3) is 0 Å². The monoisotopic (exact) mass is 284 g/mol. The molecule has 20 heavy (non-hydrogen) atoms. The van der Waals surface area contributed by atoms with Crippen molar-refractivity contribution < 1.29 is 24.0 Å². The quantitative estimate of drug-likeness (QED) is 0.610. The van der Waals surface area contributed by atoms with Crippen molar-refractivity contribution in [3.8, 4) is 0 Å². The number of nitrogens with one attached hydrogen (secondary N) is 1. The van der Waals surface area contributed by atoms with Gasteiger partial charge in [0.2, 0.25) is 5.82 Å². The number of carbonyl (C=O) groups excluding carboxylic acids is 1. The highest BCUT2D eigenvalue weighted by atomic mass is 19.1. The Labute approximate surface area is 113 Å². The van der Waals surface area contributed by atoms with Crippen molar-refractivity contribution >= 4 is 17.6 Å². The lowest BCUT2D eigenvalue weighted by molar-refractivity contribution is -0.387. The minimum atomic E-state index is -1.10. The smallest absolute Gasteiger partial charge is 0.304 e. The Morgan fingerprint density at radius 2 is 2.15 bits per heavy atom. The second kappa shape index (κ2) is 6.60. The van der Waals surface area contributed by atoms with Gasteiger partial charge in [-0.3, -0.25) is 19.7 Å². The summed E-state index contributed by atoms with van der Waals surface area (Å²) in [7, 11) is 0. The molecule has 7 nitrogen and oxygen atoms in total. The van der Waals surface area contributed by atoms with Crippen molar-refractivity contribution in [1.29, 1.82) is 0 Å². The molecule has 2 N–H and O–H groups in total. The van der Waals surface area contributed by atoms with Crippen LogP contribution >= 0.6 is 0 Å². The normalized spacial score (nSPS) is 11.7. The fourth-order valence-corrected chi connectivity index (χ4v) is 1.52. The molecule has 0 aromatic heterocycles. The van der Waals surface area contributed by atoms with Crippen LogP contribution in [0.5, 0.6) is 0 Å². The van der Waals surface area contributed by atoms with E-state index in [0.29, 0.717) is 0 Å². The number of nitrogens with zero attached hydrogens (tertiary/aromatic N) is 1. The van der Waals surface area contributed by atoms with Crippen molar-refractivity contribution in [2.45, 2.75) is 25.8 Å². The average molecular weight is 284 g/mol. The lowest BCUT2D eigenvalue weighted by atomic mass is 10.1. The number of hydrogen-bond acceptors (Lipinski definition) is 4. The van der Waals surface area contributed by atoms with Gasteiger partial charge in [-0.05, 0) is 25.5 Å². The van der Waals surface area contributed by atoms with Gasteiger partial charge >= 0.3 is 11.7 Å². The molecule has 1 unspecified atom stereocenters. The molecule has 0 aliphatic carbocycles. The molecule has 0 heterocycles. The predicted octanol–water partition coefficient (Wildman–Crippen LogP) is 1.72. The van der Waals surface area contributed by atoms with E-state index in [-0.39, 0.29) is 18.4 Å². The Hall–Kier alpha value is -2.51. The van der Waals surface area contributed by atoms with Crippen LogP contribution in [0, 0.1) is 15.9 Å². The summed E-state index contributed by atoms with van der Waals surface area (Å²) >= 11 is 0. The molecule has 1 aromatic rings. The van der Waals surface area contributed by atoms with Crippen molar-refractivity contribution in [3.05, 3.63) is 39.7 Å². The number of carboxylic acids is 1. The highest BCUT2D eigenvalue weighted by Gasteiger charge is 2.17. The summed E-state index contributed by atoms with van der Waals surface area (Å²) in [5, 5.41) is 21.4. The van der Waals surface area contributed by atoms with Gasteiger partial charge in [-0.25, -0.2) is 0 Å². The van der Waals surface area contributed by atoms with E-state index < -0.39 is 34.3 Å². The van der Waals surface area contributed by atoms with Crippen LogP contribution in [0.3, 0.4) is 0 Å². The molecule has 1 amide bonds. The number of nitro benzene ring substituents is 1. The molecular formula is C12H13FN2O5. The molecule has 0 aliphatic heterocycles. The van der Waals surface area contributed by atoms with Gasteiger partial charge in [0.15, 0.2) is 0 Å². The van der Waals surface area contributed by atoms with E-state index in [1.165, 1.54) is 0 Å². The topological polar surface area (TPSA) is 110 Å². The first-order chi connectivity index (χ1) is 9.31. The number of halogens is 1. The van der Waals surface area contributed by atoms with Gasteiger partial charge in [-0.1, -0.05) is 0 Å². The van der Waals surface area contributed by atoms with E-state index in [9.17, 15) is 24.1 Å². The van der Waals surface area contributed by atoms with Gasteiger partial charge in [0, 0.05) is 24.1 Å². The van der Waals surface area contributed by atoms with Gasteiger partial charge in [-0.15, -0.1) is 0 Å². The fraction of sp³-hybridized carbons (Fsp3) is 0.333. The molecule has 108 valence electrons. The first kappa shape index (κ1) is 15.5. The second-order valence-corrected chi connectivity index (χ2v) is 4.23. The van der Waals surface area contributed by atoms with Crippen molar-refractivity contribution in [3.63, 3.8) is 0 Å². The highest BCUT2D eigenvalue weighted by molar-refractivity contribution is 5.94. The summed E-state index contributed by atoms with van der Waals surface area (Å²) in [5.74, 6) is -2.69. The Morgan fingerprint density at radius 1 is 1.50 bits per heavy atom. The van der Waals surface area contributed by atoms with Crippen molar-refractivity contribution in [1.82, 2.24) is 5.32 Å². The number of benzene rings is 1. The molecule has 0 aliphatic rings. The maximum Gasteiger partial charge on any atom is 0.304 e. The molecule has 0 saturated heterocycles. The summed E-state index contributed by atoms with van der Waals surface area (Å²) in [6, 6.07) is 2.42. The molecule has 0 radical (unpaired) electrons. The number of hydrogen-bond donors (Lipinski definition) is 2. The molecule has 8 heteroatoms. The van der Waals surface area contributed by atoms with Crippen LogP contribution in [-0.2, 0) is 4.79 Å². The maximum absolute atomic E-state index is 13.4. The summed E-state index contributed by atoms with van der Waals surface area (Å²) in [5.41, 5.74) is -0.768. The number of aliphatic carboxylic acids is 1. The zero-order valence-electron chi connectivity index (χ0n) is 10.6. The van der Waals surface area contributed by atoms with Crippen LogP contribution in [0.4, 0.5) is 10.1 Å². The largest absolute Gasteiger partial charge is 0.481 e. The molecule has 0 spiro atoms. The lowest BCUT2D eigenvalue weighted by Crippen LogP contribution is -2.33. The van der Waals surface area contributed by atoms with Crippen LogP contribution in [0.2, 0.25) is 0 Å². The number of carbonyl (C=O) groups is 2. The standard InChI is InChI=1S/C12H13FN2O5/c1-7(2-5-11(16)17)14-12(18)8-3-4-10(15(19)20)9(13)6-8/h3-4,6-7H,2,5H2,1H3,(H,14,18)(H,16,17). The second-order valence-electron chi connectivity index (χ2n) is 4.23.